The van der Waals surface area contributed by atoms with Gasteiger partial charge < -0.3 is 19.1 Å². The highest BCUT2D eigenvalue weighted by Gasteiger charge is 2.50. The van der Waals surface area contributed by atoms with Gasteiger partial charge in [0.25, 0.3) is 5.76 Å². The van der Waals surface area contributed by atoms with Gasteiger partial charge in [-0.15, -0.1) is 0 Å². The second-order valence-corrected chi connectivity index (χ2v) is 10.8. The van der Waals surface area contributed by atoms with Gasteiger partial charge in [0, 0.05) is 41.0 Å². The minimum absolute atomic E-state index is 0.218. The molecule has 17 heteroatoms. The van der Waals surface area contributed by atoms with Crippen molar-refractivity contribution in [1.82, 2.24) is 0 Å². The van der Waals surface area contributed by atoms with Crippen LogP contribution in [0, 0.1) is 5.92 Å². The predicted molar refractivity (Wildman–Crippen MR) is 94.3 cm³/mol. The topological polar surface area (TPSA) is 172 Å². The third-order valence-corrected chi connectivity index (χ3v) is 8.82. The van der Waals surface area contributed by atoms with Crippen LogP contribution in [0.25, 0.3) is 0 Å². The summed E-state index contributed by atoms with van der Waals surface area (Å²) in [5.74, 6) is -2.64. The fraction of sp³-hybridized carbons (Fsp3) is 0.750. The third-order valence-electron chi connectivity index (χ3n) is 3.42. The van der Waals surface area contributed by atoms with E-state index < -0.39 is 47.2 Å². The van der Waals surface area contributed by atoms with Crippen LogP contribution < -0.4 is 0 Å². The van der Waals surface area contributed by atoms with Crippen LogP contribution in [0.3, 0.4) is 0 Å². The first kappa shape index (κ1) is 26.3. The molecule has 0 aromatic heterocycles. The molecule has 0 fully saturated rings. The summed E-state index contributed by atoms with van der Waals surface area (Å²) in [6.07, 6.45) is -1.05. The average Bonchev–Trinajstić information content (AvgIpc) is 3.02. The van der Waals surface area contributed by atoms with Crippen LogP contribution in [-0.4, -0.2) is 59.3 Å². The van der Waals surface area contributed by atoms with Crippen molar-refractivity contribution in [2.45, 2.75) is 13.0 Å². The maximum atomic E-state index is 12.8. The van der Waals surface area contributed by atoms with Crippen molar-refractivity contribution in [3.63, 3.8) is 0 Å². The lowest BCUT2D eigenvalue weighted by Crippen LogP contribution is -2.24. The van der Waals surface area contributed by atoms with E-state index in [9.17, 15) is 23.6 Å². The van der Waals surface area contributed by atoms with Crippen molar-refractivity contribution in [3.05, 3.63) is 11.5 Å². The Balaban J connectivity index is 3.22. The molecule has 0 aromatic carbocycles. The molecular weight excluding hydrogens is 461 g/mol. The summed E-state index contributed by atoms with van der Waals surface area (Å²) in [6, 6.07) is 0. The van der Waals surface area contributed by atoms with E-state index in [0.717, 1.165) is 28.4 Å². The van der Waals surface area contributed by atoms with E-state index in [4.69, 9.17) is 18.3 Å². The molecule has 0 aliphatic carbocycles. The molecule has 1 heterocycles. The molecule has 14 nitrogen and oxygen atoms in total. The molecule has 0 spiro atoms. The fourth-order valence-corrected chi connectivity index (χ4v) is 6.31. The summed E-state index contributed by atoms with van der Waals surface area (Å²) in [5.41, 5.74) is 0. The summed E-state index contributed by atoms with van der Waals surface area (Å²) in [4.78, 5) is 12.1. The fourth-order valence-electron chi connectivity index (χ4n) is 1.88. The van der Waals surface area contributed by atoms with Crippen molar-refractivity contribution in [2.24, 2.45) is 5.92 Å². The van der Waals surface area contributed by atoms with Gasteiger partial charge in [-0.25, -0.2) is 18.5 Å². The molecule has 0 saturated carbocycles. The third kappa shape index (κ3) is 6.35. The van der Waals surface area contributed by atoms with Gasteiger partial charge >= 0.3 is 29.4 Å². The molecule has 0 amide bonds. The Kier molecular flexibility index (Phi) is 9.50. The van der Waals surface area contributed by atoms with E-state index in [0.29, 0.717) is 0 Å². The van der Waals surface area contributed by atoms with Crippen LogP contribution in [0.4, 0.5) is 0 Å². The standard InChI is InChI=1S/C12H23O14P3/c1-8(7-13)9-10(18-2)11(12(14)23-9)24-28(16,21-5)26-29(17,22-6)25-27(15,19-3)20-4/h8-9,13H,7H2,1-6H3. The summed E-state index contributed by atoms with van der Waals surface area (Å²) in [5, 5.41) is 9.26. The first-order valence-corrected chi connectivity index (χ1v) is 12.1. The van der Waals surface area contributed by atoms with E-state index in [2.05, 4.69) is 22.4 Å². The summed E-state index contributed by atoms with van der Waals surface area (Å²) in [6.45, 7) is 1.18. The second kappa shape index (κ2) is 10.5. The van der Waals surface area contributed by atoms with Gasteiger partial charge in [-0.1, -0.05) is 6.92 Å². The number of rotatable bonds is 13. The molecule has 170 valence electrons. The second-order valence-electron chi connectivity index (χ2n) is 5.21. The molecular formula is C12H23O14P3. The van der Waals surface area contributed by atoms with Crippen molar-refractivity contribution in [1.29, 1.82) is 0 Å². The first-order valence-electron chi connectivity index (χ1n) is 7.71. The van der Waals surface area contributed by atoms with Crippen LogP contribution in [0.2, 0.25) is 0 Å². The van der Waals surface area contributed by atoms with Gasteiger partial charge in [0.15, 0.2) is 11.9 Å². The Labute approximate surface area is 167 Å². The van der Waals surface area contributed by atoms with Crippen LogP contribution in [0.1, 0.15) is 6.92 Å². The van der Waals surface area contributed by atoms with E-state index in [1.807, 2.05) is 0 Å². The highest BCUT2D eigenvalue weighted by Crippen LogP contribution is 2.72. The molecule has 4 atom stereocenters. The number of aliphatic hydroxyl groups excluding tert-OH is 1. The monoisotopic (exact) mass is 484 g/mol. The molecule has 1 N–H and O–H groups in total. The molecule has 1 aliphatic heterocycles. The largest absolute Gasteiger partial charge is 0.539 e. The lowest BCUT2D eigenvalue weighted by Gasteiger charge is -2.23. The predicted octanol–water partition coefficient (Wildman–Crippen LogP) is 2.36. The highest BCUT2D eigenvalue weighted by molar-refractivity contribution is 7.67. The minimum Gasteiger partial charge on any atom is -0.493 e. The summed E-state index contributed by atoms with van der Waals surface area (Å²) < 4.78 is 79.8. The van der Waals surface area contributed by atoms with Gasteiger partial charge in [-0.3, -0.25) is 18.1 Å². The summed E-state index contributed by atoms with van der Waals surface area (Å²) >= 11 is 0. The van der Waals surface area contributed by atoms with Gasteiger partial charge in [0.1, 0.15) is 0 Å². The smallest absolute Gasteiger partial charge is 0.493 e. The van der Waals surface area contributed by atoms with Crippen LogP contribution in [0.5, 0.6) is 0 Å². The minimum atomic E-state index is -4.92. The zero-order valence-corrected chi connectivity index (χ0v) is 19.1. The Hall–Kier alpha value is -0.780. The number of hydrogen-bond donors (Lipinski definition) is 1. The number of methoxy groups -OCH3 is 1. The maximum absolute atomic E-state index is 12.8. The highest BCUT2D eigenvalue weighted by atomic mass is 31.3. The lowest BCUT2D eigenvalue weighted by molar-refractivity contribution is -0.144. The zero-order valence-electron chi connectivity index (χ0n) is 16.5. The number of aliphatic hydroxyl groups is 1. The molecule has 0 bridgehead atoms. The molecule has 0 aromatic rings. The molecule has 1 rings (SSSR count). The van der Waals surface area contributed by atoms with Crippen molar-refractivity contribution < 1.29 is 64.3 Å². The van der Waals surface area contributed by atoms with E-state index in [-0.39, 0.29) is 12.4 Å². The maximum Gasteiger partial charge on any atom is 0.539 e. The Morgan fingerprint density at radius 3 is 1.83 bits per heavy atom. The molecule has 1 aliphatic rings. The van der Waals surface area contributed by atoms with E-state index in [1.54, 1.807) is 6.92 Å². The SMILES string of the molecule is COC1=C(OP(=O)(OC)OP(=O)(OC)OP(=O)(OC)OC)C(=O)OC1C(C)CO. The number of phosphoric acid groups is 3. The van der Waals surface area contributed by atoms with Crippen LogP contribution >= 0.6 is 23.5 Å². The number of carbonyl (C=O) groups excluding carboxylic acids is 1. The Morgan fingerprint density at radius 2 is 1.41 bits per heavy atom. The molecule has 4 unspecified atom stereocenters. The number of ether oxygens (including phenoxy) is 2. The van der Waals surface area contributed by atoms with Gasteiger partial charge in [-0.05, 0) is 0 Å². The lowest BCUT2D eigenvalue weighted by atomic mass is 10.1. The first-order chi connectivity index (χ1) is 13.5. The normalized spacial score (nSPS) is 22.6. The Bertz CT molecular complexity index is 755. The van der Waals surface area contributed by atoms with Gasteiger partial charge in [-0.2, -0.15) is 8.62 Å². The van der Waals surface area contributed by atoms with Crippen molar-refractivity contribution >= 4 is 29.4 Å². The molecule has 29 heavy (non-hydrogen) atoms. The van der Waals surface area contributed by atoms with Crippen molar-refractivity contribution in [3.8, 4) is 0 Å². The van der Waals surface area contributed by atoms with Crippen LogP contribution in [-0.2, 0) is 59.2 Å². The Morgan fingerprint density at radius 1 is 0.931 bits per heavy atom. The number of cyclic esters (lactones) is 1. The van der Waals surface area contributed by atoms with Crippen LogP contribution in [0.15, 0.2) is 11.5 Å². The zero-order chi connectivity index (χ0) is 22.5. The molecule has 0 radical (unpaired) electrons. The quantitative estimate of drug-likeness (QED) is 0.298. The van der Waals surface area contributed by atoms with Crippen molar-refractivity contribution in [2.75, 3.05) is 42.2 Å². The van der Waals surface area contributed by atoms with E-state index >= 15 is 0 Å². The van der Waals surface area contributed by atoms with Gasteiger partial charge in [0.05, 0.1) is 7.11 Å². The number of carbonyl (C=O) groups is 1. The average molecular weight is 484 g/mol. The van der Waals surface area contributed by atoms with Gasteiger partial charge in [0.2, 0.25) is 0 Å². The van der Waals surface area contributed by atoms with E-state index in [1.165, 1.54) is 7.11 Å². The number of hydrogen-bond acceptors (Lipinski definition) is 14. The summed E-state index contributed by atoms with van der Waals surface area (Å²) in [7, 11) is -9.55. The number of phosphoric ester groups is 2. The number of esters is 1. The molecule has 0 saturated heterocycles.